The van der Waals surface area contributed by atoms with E-state index in [1.165, 1.54) is 36.0 Å². The Morgan fingerprint density at radius 2 is 1.90 bits per heavy atom. The van der Waals surface area contributed by atoms with Crippen LogP contribution in [0.15, 0.2) is 48.5 Å². The maximum atomic E-state index is 8.86. The van der Waals surface area contributed by atoms with Gasteiger partial charge in [0.25, 0.3) is 0 Å². The average molecular weight is 276 g/mol. The molecule has 0 spiro atoms. The van der Waals surface area contributed by atoms with Crippen LogP contribution in [0.2, 0.25) is 0 Å². The minimum Gasteiger partial charge on any atom is -0.295 e. The van der Waals surface area contributed by atoms with Crippen molar-refractivity contribution in [3.63, 3.8) is 0 Å². The van der Waals surface area contributed by atoms with Crippen molar-refractivity contribution in [2.24, 2.45) is 0 Å². The lowest BCUT2D eigenvalue weighted by atomic mass is 9.87. The summed E-state index contributed by atoms with van der Waals surface area (Å²) in [6.07, 6.45) is 3.70. The standard InChI is InChI=1S/C19H20N2/c1-21(14-16-11-9-15(13-20)10-12-16)19-8-4-6-17-5-2-3-7-18(17)19/h2-3,5,7,9-12,19H,4,6,8,14H2,1H3. The van der Waals surface area contributed by atoms with Crippen LogP contribution >= 0.6 is 0 Å². The molecule has 1 aliphatic carbocycles. The summed E-state index contributed by atoms with van der Waals surface area (Å²) in [5.41, 5.74) is 4.98. The molecule has 2 nitrogen and oxygen atoms in total. The van der Waals surface area contributed by atoms with E-state index in [4.69, 9.17) is 5.26 Å². The highest BCUT2D eigenvalue weighted by molar-refractivity contribution is 5.33. The molecule has 1 unspecified atom stereocenters. The van der Waals surface area contributed by atoms with Gasteiger partial charge >= 0.3 is 0 Å². The van der Waals surface area contributed by atoms with E-state index < -0.39 is 0 Å². The number of rotatable bonds is 3. The van der Waals surface area contributed by atoms with Crippen molar-refractivity contribution in [3.05, 3.63) is 70.8 Å². The van der Waals surface area contributed by atoms with E-state index in [1.807, 2.05) is 12.1 Å². The van der Waals surface area contributed by atoms with Crippen LogP contribution in [-0.2, 0) is 13.0 Å². The fourth-order valence-electron chi connectivity index (χ4n) is 3.27. The molecule has 0 amide bonds. The number of aryl methyl sites for hydroxylation is 1. The Balaban J connectivity index is 1.76. The Bertz CT molecular complexity index is 652. The lowest BCUT2D eigenvalue weighted by Gasteiger charge is -2.33. The predicted octanol–water partition coefficient (Wildman–Crippen LogP) is 4.07. The third-order valence-corrected chi connectivity index (χ3v) is 4.38. The van der Waals surface area contributed by atoms with Crippen LogP contribution in [0.25, 0.3) is 0 Å². The highest BCUT2D eigenvalue weighted by Crippen LogP contribution is 2.34. The van der Waals surface area contributed by atoms with Gasteiger partial charge in [0.2, 0.25) is 0 Å². The Morgan fingerprint density at radius 1 is 1.14 bits per heavy atom. The van der Waals surface area contributed by atoms with Gasteiger partial charge < -0.3 is 0 Å². The predicted molar refractivity (Wildman–Crippen MR) is 84.7 cm³/mol. The molecule has 21 heavy (non-hydrogen) atoms. The van der Waals surface area contributed by atoms with Crippen molar-refractivity contribution in [1.82, 2.24) is 4.90 Å². The number of benzene rings is 2. The summed E-state index contributed by atoms with van der Waals surface area (Å²) in [4.78, 5) is 2.43. The van der Waals surface area contributed by atoms with Crippen molar-refractivity contribution in [2.75, 3.05) is 7.05 Å². The molecule has 0 heterocycles. The minimum absolute atomic E-state index is 0.505. The van der Waals surface area contributed by atoms with Crippen LogP contribution < -0.4 is 0 Å². The fraction of sp³-hybridized carbons (Fsp3) is 0.316. The van der Waals surface area contributed by atoms with E-state index in [0.717, 1.165) is 12.1 Å². The summed E-state index contributed by atoms with van der Waals surface area (Å²) in [5.74, 6) is 0. The summed E-state index contributed by atoms with van der Waals surface area (Å²) in [5, 5.41) is 8.86. The van der Waals surface area contributed by atoms with Crippen LogP contribution in [0, 0.1) is 11.3 Å². The van der Waals surface area contributed by atoms with Crippen molar-refractivity contribution >= 4 is 0 Å². The molecule has 106 valence electrons. The Kier molecular flexibility index (Phi) is 4.03. The lowest BCUT2D eigenvalue weighted by Crippen LogP contribution is -2.27. The molecule has 1 aliphatic rings. The molecule has 1 atom stereocenters. The van der Waals surface area contributed by atoms with Crippen LogP contribution in [0.4, 0.5) is 0 Å². The third-order valence-electron chi connectivity index (χ3n) is 4.38. The molecule has 0 N–H and O–H groups in total. The second kappa shape index (κ2) is 6.11. The van der Waals surface area contributed by atoms with Crippen LogP contribution in [0.3, 0.4) is 0 Å². The average Bonchev–Trinajstić information content (AvgIpc) is 2.55. The van der Waals surface area contributed by atoms with Gasteiger partial charge in [0, 0.05) is 12.6 Å². The summed E-state index contributed by atoms with van der Waals surface area (Å²) < 4.78 is 0. The molecule has 0 bridgehead atoms. The normalized spacial score (nSPS) is 17.3. The fourth-order valence-corrected chi connectivity index (χ4v) is 3.27. The SMILES string of the molecule is CN(Cc1ccc(C#N)cc1)C1CCCc2ccccc21. The van der Waals surface area contributed by atoms with Crippen molar-refractivity contribution < 1.29 is 0 Å². The second-order valence-electron chi connectivity index (χ2n) is 5.83. The van der Waals surface area contributed by atoms with Crippen molar-refractivity contribution in [2.45, 2.75) is 31.8 Å². The highest BCUT2D eigenvalue weighted by Gasteiger charge is 2.23. The summed E-state index contributed by atoms with van der Waals surface area (Å²) in [7, 11) is 2.20. The maximum Gasteiger partial charge on any atom is 0.0991 e. The number of hydrogen-bond acceptors (Lipinski definition) is 2. The first-order valence-electron chi connectivity index (χ1n) is 7.55. The van der Waals surface area contributed by atoms with Gasteiger partial charge in [0.05, 0.1) is 11.6 Å². The molecule has 0 radical (unpaired) electrons. The monoisotopic (exact) mass is 276 g/mol. The van der Waals surface area contributed by atoms with Crippen LogP contribution in [-0.4, -0.2) is 11.9 Å². The molecule has 0 aromatic heterocycles. The molecule has 0 saturated carbocycles. The van der Waals surface area contributed by atoms with Gasteiger partial charge in [-0.3, -0.25) is 4.90 Å². The van der Waals surface area contributed by atoms with Crippen LogP contribution in [0.1, 0.15) is 41.1 Å². The molecule has 0 fully saturated rings. The van der Waals surface area contributed by atoms with Gasteiger partial charge in [-0.05, 0) is 55.1 Å². The Labute approximate surface area is 126 Å². The van der Waals surface area contributed by atoms with Gasteiger partial charge in [0.1, 0.15) is 0 Å². The van der Waals surface area contributed by atoms with Gasteiger partial charge in [-0.2, -0.15) is 5.26 Å². The number of fused-ring (bicyclic) bond motifs is 1. The summed E-state index contributed by atoms with van der Waals surface area (Å²) in [6.45, 7) is 0.921. The van der Waals surface area contributed by atoms with E-state index in [0.29, 0.717) is 6.04 Å². The Morgan fingerprint density at radius 3 is 2.67 bits per heavy atom. The van der Waals surface area contributed by atoms with E-state index in [9.17, 15) is 0 Å². The Hall–Kier alpha value is -2.11. The minimum atomic E-state index is 0.505. The smallest absolute Gasteiger partial charge is 0.0991 e. The molecule has 2 heteroatoms. The molecule has 2 aromatic carbocycles. The molecule has 0 saturated heterocycles. The topological polar surface area (TPSA) is 27.0 Å². The lowest BCUT2D eigenvalue weighted by molar-refractivity contribution is 0.213. The number of nitrogens with zero attached hydrogens (tertiary/aromatic N) is 2. The summed E-state index contributed by atoms with van der Waals surface area (Å²) in [6, 6.07) is 19.4. The van der Waals surface area contributed by atoms with Gasteiger partial charge in [0.15, 0.2) is 0 Å². The molecular formula is C19H20N2. The maximum absolute atomic E-state index is 8.86. The van der Waals surface area contributed by atoms with E-state index in [1.54, 1.807) is 0 Å². The zero-order chi connectivity index (χ0) is 14.7. The number of hydrogen-bond donors (Lipinski definition) is 0. The zero-order valence-corrected chi connectivity index (χ0v) is 12.4. The molecule has 2 aromatic rings. The quantitative estimate of drug-likeness (QED) is 0.845. The van der Waals surface area contributed by atoms with E-state index in [-0.39, 0.29) is 0 Å². The highest BCUT2D eigenvalue weighted by atomic mass is 15.1. The largest absolute Gasteiger partial charge is 0.295 e. The van der Waals surface area contributed by atoms with Gasteiger partial charge in [-0.25, -0.2) is 0 Å². The molecule has 0 aliphatic heterocycles. The van der Waals surface area contributed by atoms with Gasteiger partial charge in [-0.15, -0.1) is 0 Å². The molecular weight excluding hydrogens is 256 g/mol. The van der Waals surface area contributed by atoms with Crippen molar-refractivity contribution in [3.8, 4) is 6.07 Å². The first kappa shape index (κ1) is 13.9. The molecule has 3 rings (SSSR count). The first-order chi connectivity index (χ1) is 10.3. The van der Waals surface area contributed by atoms with E-state index >= 15 is 0 Å². The number of nitriles is 1. The second-order valence-corrected chi connectivity index (χ2v) is 5.83. The summed E-state index contributed by atoms with van der Waals surface area (Å²) >= 11 is 0. The van der Waals surface area contributed by atoms with E-state index in [2.05, 4.69) is 54.4 Å². The third kappa shape index (κ3) is 2.99. The first-order valence-corrected chi connectivity index (χ1v) is 7.55. The zero-order valence-electron chi connectivity index (χ0n) is 12.4. The van der Waals surface area contributed by atoms with Crippen LogP contribution in [0.5, 0.6) is 0 Å². The van der Waals surface area contributed by atoms with Crippen molar-refractivity contribution in [1.29, 1.82) is 5.26 Å². The van der Waals surface area contributed by atoms with Gasteiger partial charge in [-0.1, -0.05) is 36.4 Å².